The van der Waals surface area contributed by atoms with E-state index in [0.717, 1.165) is 17.5 Å². The molecule has 0 fully saturated rings. The van der Waals surface area contributed by atoms with E-state index in [1.54, 1.807) is 30.3 Å². The number of nitro groups is 1. The van der Waals surface area contributed by atoms with Gasteiger partial charge in [0.15, 0.2) is 0 Å². The number of benzene rings is 1. The van der Waals surface area contributed by atoms with Crippen LogP contribution in [0.4, 0.5) is 5.69 Å². The Morgan fingerprint density at radius 3 is 2.70 bits per heavy atom. The molecule has 0 bridgehead atoms. The van der Waals surface area contributed by atoms with E-state index in [1.807, 2.05) is 6.92 Å². The molecule has 1 aromatic heterocycles. The van der Waals surface area contributed by atoms with E-state index >= 15 is 0 Å². The lowest BCUT2D eigenvalue weighted by molar-refractivity contribution is -0.387. The van der Waals surface area contributed by atoms with Crippen molar-refractivity contribution in [3.63, 3.8) is 0 Å². The highest BCUT2D eigenvalue weighted by Crippen LogP contribution is 2.35. The molecule has 102 valence electrons. The molecule has 0 unspecified atom stereocenters. The molecule has 20 heavy (non-hydrogen) atoms. The molecule has 1 aromatic carbocycles. The third-order valence-electron chi connectivity index (χ3n) is 2.56. The van der Waals surface area contributed by atoms with Gasteiger partial charge in [0.25, 0.3) is 5.69 Å². The number of nitrogen functional groups attached to an aromatic ring is 1. The SMILES string of the molecule is Cc1ccc(C(=N)N)c(Sc2ccccc2[N+](=O)[O-])n1. The first-order valence-electron chi connectivity index (χ1n) is 5.72. The number of aryl methyl sites for hydroxylation is 1. The van der Waals surface area contributed by atoms with Gasteiger partial charge in [-0.15, -0.1) is 0 Å². The van der Waals surface area contributed by atoms with Gasteiger partial charge >= 0.3 is 0 Å². The Balaban J connectivity index is 2.47. The van der Waals surface area contributed by atoms with Gasteiger partial charge in [-0.05, 0) is 25.1 Å². The number of nitro benzene ring substituents is 1. The molecule has 0 radical (unpaired) electrons. The lowest BCUT2D eigenvalue weighted by atomic mass is 10.2. The molecule has 0 saturated carbocycles. The third-order valence-corrected chi connectivity index (χ3v) is 3.63. The van der Waals surface area contributed by atoms with Crippen molar-refractivity contribution in [3.8, 4) is 0 Å². The van der Waals surface area contributed by atoms with Gasteiger partial charge in [0.1, 0.15) is 10.9 Å². The molecule has 3 N–H and O–H groups in total. The largest absolute Gasteiger partial charge is 0.384 e. The molecule has 0 spiro atoms. The summed E-state index contributed by atoms with van der Waals surface area (Å²) in [7, 11) is 0. The van der Waals surface area contributed by atoms with Gasteiger partial charge in [0, 0.05) is 17.3 Å². The van der Waals surface area contributed by atoms with E-state index in [2.05, 4.69) is 4.98 Å². The fraction of sp³-hybridized carbons (Fsp3) is 0.0769. The monoisotopic (exact) mass is 288 g/mol. The standard InChI is InChI=1S/C13H12N4O2S/c1-8-6-7-9(12(14)15)13(16-8)20-11-5-3-2-4-10(11)17(18)19/h2-7H,1H3,(H3,14,15). The molecule has 1 heterocycles. The quantitative estimate of drug-likeness (QED) is 0.389. The van der Waals surface area contributed by atoms with Crippen molar-refractivity contribution in [2.24, 2.45) is 5.73 Å². The molecule has 6 nitrogen and oxygen atoms in total. The maximum atomic E-state index is 11.0. The predicted octanol–water partition coefficient (Wildman–Crippen LogP) is 2.73. The fourth-order valence-corrected chi connectivity index (χ4v) is 2.69. The lowest BCUT2D eigenvalue weighted by Crippen LogP contribution is -2.13. The fourth-order valence-electron chi connectivity index (χ4n) is 1.61. The van der Waals surface area contributed by atoms with Crippen LogP contribution in [0.5, 0.6) is 0 Å². The molecular formula is C13H12N4O2S. The van der Waals surface area contributed by atoms with Crippen LogP contribution in [-0.2, 0) is 0 Å². The van der Waals surface area contributed by atoms with Crippen molar-refractivity contribution < 1.29 is 4.92 Å². The van der Waals surface area contributed by atoms with E-state index in [9.17, 15) is 10.1 Å². The van der Waals surface area contributed by atoms with E-state index in [1.165, 1.54) is 6.07 Å². The van der Waals surface area contributed by atoms with Gasteiger partial charge in [-0.1, -0.05) is 23.9 Å². The minimum Gasteiger partial charge on any atom is -0.384 e. The molecule has 0 amide bonds. The summed E-state index contributed by atoms with van der Waals surface area (Å²) in [5, 5.41) is 19.0. The second-order valence-corrected chi connectivity index (χ2v) is 5.08. The highest BCUT2D eigenvalue weighted by molar-refractivity contribution is 7.99. The zero-order valence-electron chi connectivity index (χ0n) is 10.7. The molecule has 7 heteroatoms. The average molecular weight is 288 g/mol. The van der Waals surface area contributed by atoms with E-state index in [-0.39, 0.29) is 11.5 Å². The Morgan fingerprint density at radius 1 is 1.35 bits per heavy atom. The number of hydrogen-bond acceptors (Lipinski definition) is 5. The van der Waals surface area contributed by atoms with Gasteiger partial charge in [-0.25, -0.2) is 4.98 Å². The zero-order chi connectivity index (χ0) is 14.7. The van der Waals surface area contributed by atoms with Crippen molar-refractivity contribution in [1.29, 1.82) is 5.41 Å². The minimum absolute atomic E-state index is 0.00954. The number of nitrogens with one attached hydrogen (secondary N) is 1. The van der Waals surface area contributed by atoms with Crippen LogP contribution in [0.1, 0.15) is 11.3 Å². The van der Waals surface area contributed by atoms with Crippen molar-refractivity contribution in [2.75, 3.05) is 0 Å². The van der Waals surface area contributed by atoms with Crippen LogP contribution in [0.15, 0.2) is 46.3 Å². The number of amidine groups is 1. The van der Waals surface area contributed by atoms with E-state index in [4.69, 9.17) is 11.1 Å². The molecule has 0 aliphatic rings. The summed E-state index contributed by atoms with van der Waals surface area (Å²) in [6, 6.07) is 9.86. The molecule has 2 rings (SSSR count). The molecule has 2 aromatic rings. The first-order chi connectivity index (χ1) is 9.49. The van der Waals surface area contributed by atoms with Crippen molar-refractivity contribution in [2.45, 2.75) is 16.8 Å². The van der Waals surface area contributed by atoms with Crippen LogP contribution >= 0.6 is 11.8 Å². The van der Waals surface area contributed by atoms with Crippen LogP contribution in [-0.4, -0.2) is 15.7 Å². The summed E-state index contributed by atoms with van der Waals surface area (Å²) in [5.74, 6) is -0.112. The molecule has 0 aliphatic heterocycles. The van der Waals surface area contributed by atoms with Crippen molar-refractivity contribution >= 4 is 23.3 Å². The minimum atomic E-state index is -0.439. The van der Waals surface area contributed by atoms with Gasteiger partial charge in [0.05, 0.1) is 9.82 Å². The summed E-state index contributed by atoms with van der Waals surface area (Å²) in [6.07, 6.45) is 0. The van der Waals surface area contributed by atoms with Crippen LogP contribution in [0, 0.1) is 22.4 Å². The number of nitrogens with two attached hydrogens (primary N) is 1. The number of nitrogens with zero attached hydrogens (tertiary/aromatic N) is 2. The highest BCUT2D eigenvalue weighted by atomic mass is 32.2. The predicted molar refractivity (Wildman–Crippen MR) is 77.2 cm³/mol. The Labute approximate surface area is 119 Å². The Kier molecular flexibility index (Phi) is 3.99. The normalized spacial score (nSPS) is 10.2. The molecule has 0 saturated heterocycles. The summed E-state index contributed by atoms with van der Waals surface area (Å²) in [6.45, 7) is 1.81. The summed E-state index contributed by atoms with van der Waals surface area (Å²) < 4.78 is 0. The topological polar surface area (TPSA) is 106 Å². The van der Waals surface area contributed by atoms with E-state index in [0.29, 0.717) is 15.5 Å². The van der Waals surface area contributed by atoms with Crippen molar-refractivity contribution in [1.82, 2.24) is 4.98 Å². The molecular weight excluding hydrogens is 276 g/mol. The average Bonchev–Trinajstić information content (AvgIpc) is 2.38. The Morgan fingerprint density at radius 2 is 2.05 bits per heavy atom. The zero-order valence-corrected chi connectivity index (χ0v) is 11.5. The van der Waals surface area contributed by atoms with Gasteiger partial charge in [-0.2, -0.15) is 0 Å². The van der Waals surface area contributed by atoms with E-state index < -0.39 is 4.92 Å². The van der Waals surface area contributed by atoms with Gasteiger partial charge < -0.3 is 5.73 Å². The van der Waals surface area contributed by atoms with Gasteiger partial charge in [0.2, 0.25) is 0 Å². The van der Waals surface area contributed by atoms with Gasteiger partial charge in [-0.3, -0.25) is 15.5 Å². The maximum Gasteiger partial charge on any atom is 0.283 e. The number of pyridine rings is 1. The smallest absolute Gasteiger partial charge is 0.283 e. The maximum absolute atomic E-state index is 11.0. The Hall–Kier alpha value is -2.41. The van der Waals surface area contributed by atoms with Crippen molar-refractivity contribution in [3.05, 3.63) is 57.8 Å². The molecule has 0 atom stereocenters. The van der Waals surface area contributed by atoms with Crippen LogP contribution in [0.25, 0.3) is 0 Å². The summed E-state index contributed by atoms with van der Waals surface area (Å²) in [4.78, 5) is 15.3. The number of aromatic nitrogens is 1. The van der Waals surface area contributed by atoms with Crippen LogP contribution in [0.2, 0.25) is 0 Å². The first kappa shape index (κ1) is 14.0. The summed E-state index contributed by atoms with van der Waals surface area (Å²) in [5.41, 5.74) is 6.75. The van der Waals surface area contributed by atoms with Crippen LogP contribution < -0.4 is 5.73 Å². The number of rotatable bonds is 4. The Bertz CT molecular complexity index is 688. The third kappa shape index (κ3) is 2.94. The van der Waals surface area contributed by atoms with Crippen LogP contribution in [0.3, 0.4) is 0 Å². The number of hydrogen-bond donors (Lipinski definition) is 2. The second kappa shape index (κ2) is 5.70. The second-order valence-electron chi connectivity index (χ2n) is 4.05. The number of para-hydroxylation sites is 1. The lowest BCUT2D eigenvalue weighted by Gasteiger charge is -2.08. The summed E-state index contributed by atoms with van der Waals surface area (Å²) >= 11 is 1.14. The highest BCUT2D eigenvalue weighted by Gasteiger charge is 2.17. The molecule has 0 aliphatic carbocycles. The first-order valence-corrected chi connectivity index (χ1v) is 6.54.